The average Bonchev–Trinajstić information content (AvgIpc) is 2.75. The topological polar surface area (TPSA) is 53.8 Å². The largest absolute Gasteiger partial charge is 0.364 e. The van der Waals surface area contributed by atoms with Gasteiger partial charge in [0.2, 0.25) is 0 Å². The third kappa shape index (κ3) is 1.38. The number of nitrogens with two attached hydrogens (primary N) is 1. The average molecular weight is 179 g/mol. The van der Waals surface area contributed by atoms with E-state index in [9.17, 15) is 0 Å². The molecule has 0 spiro atoms. The fraction of sp³-hybridized carbons (Fsp3) is 0.600. The number of rotatable bonds is 4. The zero-order chi connectivity index (χ0) is 9.31. The van der Waals surface area contributed by atoms with Gasteiger partial charge in [0.25, 0.3) is 0 Å². The molecule has 3 heteroatoms. The van der Waals surface area contributed by atoms with Crippen molar-refractivity contribution in [3.05, 3.63) is 24.0 Å². The second kappa shape index (κ2) is 3.16. The number of nitrogens with one attached hydrogen (secondary N) is 2. The summed E-state index contributed by atoms with van der Waals surface area (Å²) >= 11 is 0. The lowest BCUT2D eigenvalue weighted by Gasteiger charge is -2.24. The number of aromatic nitrogens is 1. The molecule has 0 saturated heterocycles. The van der Waals surface area contributed by atoms with E-state index in [1.54, 1.807) is 0 Å². The van der Waals surface area contributed by atoms with Crippen molar-refractivity contribution in [2.45, 2.75) is 18.9 Å². The lowest BCUT2D eigenvalue weighted by molar-refractivity contribution is 0.360. The van der Waals surface area contributed by atoms with E-state index in [2.05, 4.69) is 16.4 Å². The van der Waals surface area contributed by atoms with Crippen LogP contribution < -0.4 is 11.1 Å². The molecule has 0 aromatic carbocycles. The first kappa shape index (κ1) is 8.78. The zero-order valence-corrected chi connectivity index (χ0v) is 8.01. The van der Waals surface area contributed by atoms with Gasteiger partial charge in [-0.1, -0.05) is 0 Å². The third-order valence-corrected chi connectivity index (χ3v) is 3.13. The second-order valence-corrected chi connectivity index (χ2v) is 3.91. The standard InChI is InChI=1S/C10H17N3/c1-12-9(8-3-2-6-13-8)10(7-11)4-5-10/h2-3,6,9,12-13H,4-5,7,11H2,1H3. The molecule has 1 aliphatic rings. The molecule has 72 valence electrons. The molecule has 1 aliphatic carbocycles. The predicted molar refractivity (Wildman–Crippen MR) is 53.3 cm³/mol. The molecule has 13 heavy (non-hydrogen) atoms. The van der Waals surface area contributed by atoms with Crippen molar-refractivity contribution in [2.24, 2.45) is 11.1 Å². The van der Waals surface area contributed by atoms with Crippen LogP contribution in [0.1, 0.15) is 24.6 Å². The maximum absolute atomic E-state index is 5.80. The summed E-state index contributed by atoms with van der Waals surface area (Å²) in [6, 6.07) is 4.55. The van der Waals surface area contributed by atoms with Gasteiger partial charge in [-0.3, -0.25) is 0 Å². The van der Waals surface area contributed by atoms with Crippen molar-refractivity contribution in [1.82, 2.24) is 10.3 Å². The molecule has 0 bridgehead atoms. The van der Waals surface area contributed by atoms with Crippen LogP contribution in [0.3, 0.4) is 0 Å². The Balaban J connectivity index is 2.19. The van der Waals surface area contributed by atoms with E-state index < -0.39 is 0 Å². The summed E-state index contributed by atoms with van der Waals surface area (Å²) < 4.78 is 0. The summed E-state index contributed by atoms with van der Waals surface area (Å²) in [6.45, 7) is 0.775. The minimum absolute atomic E-state index is 0.319. The van der Waals surface area contributed by atoms with E-state index in [1.807, 2.05) is 19.3 Å². The van der Waals surface area contributed by atoms with Gasteiger partial charge in [-0.2, -0.15) is 0 Å². The lowest BCUT2D eigenvalue weighted by atomic mass is 9.94. The Morgan fingerprint density at radius 2 is 2.46 bits per heavy atom. The summed E-state index contributed by atoms with van der Waals surface area (Å²) in [4.78, 5) is 3.25. The Bertz CT molecular complexity index is 262. The molecular weight excluding hydrogens is 162 g/mol. The Morgan fingerprint density at radius 3 is 2.85 bits per heavy atom. The molecule has 3 nitrogen and oxygen atoms in total. The smallest absolute Gasteiger partial charge is 0.0539 e. The maximum atomic E-state index is 5.80. The minimum atomic E-state index is 0.319. The molecule has 1 aromatic rings. The van der Waals surface area contributed by atoms with Crippen LogP contribution in [0.2, 0.25) is 0 Å². The zero-order valence-electron chi connectivity index (χ0n) is 8.01. The maximum Gasteiger partial charge on any atom is 0.0539 e. The van der Waals surface area contributed by atoms with E-state index in [-0.39, 0.29) is 0 Å². The van der Waals surface area contributed by atoms with Gasteiger partial charge in [-0.15, -0.1) is 0 Å². The highest BCUT2D eigenvalue weighted by molar-refractivity contribution is 5.17. The Hall–Kier alpha value is -0.800. The van der Waals surface area contributed by atoms with Gasteiger partial charge >= 0.3 is 0 Å². The van der Waals surface area contributed by atoms with E-state index in [0.29, 0.717) is 11.5 Å². The molecular formula is C10H17N3. The van der Waals surface area contributed by atoms with Crippen LogP contribution in [-0.2, 0) is 0 Å². The Morgan fingerprint density at radius 1 is 1.69 bits per heavy atom. The van der Waals surface area contributed by atoms with Crippen molar-refractivity contribution in [1.29, 1.82) is 0 Å². The number of hydrogen-bond donors (Lipinski definition) is 3. The molecule has 0 amide bonds. The molecule has 1 saturated carbocycles. The molecule has 4 N–H and O–H groups in total. The monoisotopic (exact) mass is 179 g/mol. The molecule has 1 heterocycles. The Kier molecular flexibility index (Phi) is 2.14. The first-order chi connectivity index (χ1) is 6.32. The van der Waals surface area contributed by atoms with E-state index in [1.165, 1.54) is 18.5 Å². The van der Waals surface area contributed by atoms with Gasteiger partial charge in [0, 0.05) is 17.3 Å². The van der Waals surface area contributed by atoms with Crippen LogP contribution in [0.5, 0.6) is 0 Å². The van der Waals surface area contributed by atoms with Crippen LogP contribution >= 0.6 is 0 Å². The number of aromatic amines is 1. The highest BCUT2D eigenvalue weighted by Crippen LogP contribution is 2.53. The van der Waals surface area contributed by atoms with Gasteiger partial charge in [0.1, 0.15) is 0 Å². The van der Waals surface area contributed by atoms with Crippen LogP contribution in [0.4, 0.5) is 0 Å². The fourth-order valence-electron chi connectivity index (χ4n) is 2.09. The van der Waals surface area contributed by atoms with Crippen LogP contribution in [0, 0.1) is 5.41 Å². The summed E-state index contributed by atoms with van der Waals surface area (Å²) in [5, 5.41) is 3.35. The van der Waals surface area contributed by atoms with Crippen LogP contribution in [0.15, 0.2) is 18.3 Å². The van der Waals surface area contributed by atoms with Crippen LogP contribution in [-0.4, -0.2) is 18.6 Å². The van der Waals surface area contributed by atoms with Gasteiger partial charge in [-0.05, 0) is 38.6 Å². The van der Waals surface area contributed by atoms with E-state index >= 15 is 0 Å². The van der Waals surface area contributed by atoms with Crippen LogP contribution in [0.25, 0.3) is 0 Å². The second-order valence-electron chi connectivity index (χ2n) is 3.91. The van der Waals surface area contributed by atoms with Gasteiger partial charge < -0.3 is 16.0 Å². The van der Waals surface area contributed by atoms with Gasteiger partial charge in [-0.25, -0.2) is 0 Å². The molecule has 1 fully saturated rings. The summed E-state index contributed by atoms with van der Waals surface area (Å²) in [5.74, 6) is 0. The molecule has 2 rings (SSSR count). The summed E-state index contributed by atoms with van der Waals surface area (Å²) in [7, 11) is 2.00. The number of H-pyrrole nitrogens is 1. The minimum Gasteiger partial charge on any atom is -0.364 e. The summed E-state index contributed by atoms with van der Waals surface area (Å²) in [5.41, 5.74) is 7.37. The first-order valence-electron chi connectivity index (χ1n) is 4.83. The van der Waals surface area contributed by atoms with Crippen molar-refractivity contribution < 1.29 is 0 Å². The third-order valence-electron chi connectivity index (χ3n) is 3.13. The van der Waals surface area contributed by atoms with Crippen molar-refractivity contribution in [3.8, 4) is 0 Å². The highest BCUT2D eigenvalue weighted by atomic mass is 15.0. The molecule has 1 atom stereocenters. The van der Waals surface area contributed by atoms with Crippen molar-refractivity contribution in [2.75, 3.05) is 13.6 Å². The summed E-state index contributed by atoms with van der Waals surface area (Å²) in [6.07, 6.45) is 4.45. The van der Waals surface area contributed by atoms with Crippen molar-refractivity contribution >= 4 is 0 Å². The lowest BCUT2D eigenvalue weighted by Crippen LogP contribution is -2.32. The quantitative estimate of drug-likeness (QED) is 0.646. The number of hydrogen-bond acceptors (Lipinski definition) is 2. The van der Waals surface area contributed by atoms with E-state index in [4.69, 9.17) is 5.73 Å². The molecule has 0 radical (unpaired) electrons. The van der Waals surface area contributed by atoms with Gasteiger partial charge in [0.15, 0.2) is 0 Å². The Labute approximate surface area is 78.7 Å². The first-order valence-corrected chi connectivity index (χ1v) is 4.83. The predicted octanol–water partition coefficient (Wildman–Crippen LogP) is 1.01. The molecule has 1 unspecified atom stereocenters. The fourth-order valence-corrected chi connectivity index (χ4v) is 2.09. The SMILES string of the molecule is CNC(c1ccc[nH]1)C1(CN)CC1. The molecule has 0 aliphatic heterocycles. The van der Waals surface area contributed by atoms with Gasteiger partial charge in [0.05, 0.1) is 6.04 Å². The normalized spacial score (nSPS) is 21.4. The molecule has 1 aromatic heterocycles. The van der Waals surface area contributed by atoms with E-state index in [0.717, 1.165) is 6.54 Å². The van der Waals surface area contributed by atoms with Crippen molar-refractivity contribution in [3.63, 3.8) is 0 Å². The highest BCUT2D eigenvalue weighted by Gasteiger charge is 2.48.